The van der Waals surface area contributed by atoms with Crippen LogP contribution in [0.1, 0.15) is 44.4 Å². The molecular weight excluding hydrogens is 478 g/mol. The van der Waals surface area contributed by atoms with Gasteiger partial charge in [-0.2, -0.15) is 8.42 Å². The van der Waals surface area contributed by atoms with E-state index in [9.17, 15) is 13.2 Å². The van der Waals surface area contributed by atoms with Gasteiger partial charge < -0.3 is 13.6 Å². The molecule has 5 rings (SSSR count). The summed E-state index contributed by atoms with van der Waals surface area (Å²) in [7, 11) is -3.77. The Morgan fingerprint density at radius 2 is 1.69 bits per heavy atom. The predicted molar refractivity (Wildman–Crippen MR) is 139 cm³/mol. The molecule has 3 aromatic rings. The number of aromatic nitrogens is 1. The van der Waals surface area contributed by atoms with Gasteiger partial charge in [-0.15, -0.1) is 0 Å². The number of para-hydroxylation sites is 1. The molecule has 2 heterocycles. The molecule has 0 atom stereocenters. The summed E-state index contributed by atoms with van der Waals surface area (Å²) >= 11 is 0. The number of hydrogen-bond donors (Lipinski definition) is 0. The first-order valence-electron chi connectivity index (χ1n) is 12.3. The van der Waals surface area contributed by atoms with Gasteiger partial charge in [-0.1, -0.05) is 29.4 Å². The van der Waals surface area contributed by atoms with Crippen LogP contribution in [0.5, 0.6) is 5.75 Å². The molecule has 0 unspecified atom stereocenters. The average Bonchev–Trinajstić information content (AvgIpc) is 3.30. The van der Waals surface area contributed by atoms with Crippen LogP contribution in [0.25, 0.3) is 11.0 Å². The van der Waals surface area contributed by atoms with E-state index >= 15 is 0 Å². The number of ketones is 1. The maximum atomic E-state index is 13.2. The van der Waals surface area contributed by atoms with Gasteiger partial charge in [0.1, 0.15) is 5.75 Å². The third-order valence-electron chi connectivity index (χ3n) is 7.64. The third-order valence-corrected chi connectivity index (χ3v) is 8.10. The Kier molecular flexibility index (Phi) is 5.91. The van der Waals surface area contributed by atoms with Crippen molar-refractivity contribution in [3.63, 3.8) is 0 Å². The summed E-state index contributed by atoms with van der Waals surface area (Å²) in [5.74, 6) is 1.27. The molecular formula is C27H33N3O5S. The minimum absolute atomic E-state index is 0.0667. The number of carbonyl (C=O) groups is 1. The van der Waals surface area contributed by atoms with Gasteiger partial charge in [0.25, 0.3) is 0 Å². The fourth-order valence-electron chi connectivity index (χ4n) is 5.79. The van der Waals surface area contributed by atoms with E-state index < -0.39 is 20.9 Å². The quantitative estimate of drug-likeness (QED) is 0.463. The van der Waals surface area contributed by atoms with Gasteiger partial charge in [-0.25, -0.2) is 0 Å². The van der Waals surface area contributed by atoms with E-state index in [1.54, 1.807) is 0 Å². The molecule has 0 spiro atoms. The molecule has 0 bridgehead atoms. The van der Waals surface area contributed by atoms with E-state index in [-0.39, 0.29) is 5.78 Å². The summed E-state index contributed by atoms with van der Waals surface area (Å²) in [6.07, 6.45) is 1.67. The second kappa shape index (κ2) is 8.59. The van der Waals surface area contributed by atoms with Gasteiger partial charge in [-0.3, -0.25) is 9.69 Å². The van der Waals surface area contributed by atoms with Crippen LogP contribution in [0.2, 0.25) is 0 Å². The monoisotopic (exact) mass is 511 g/mol. The molecule has 1 saturated heterocycles. The summed E-state index contributed by atoms with van der Waals surface area (Å²) in [6, 6.07) is 11.8. The second-order valence-corrected chi connectivity index (χ2v) is 12.5. The zero-order valence-electron chi connectivity index (χ0n) is 21.5. The summed E-state index contributed by atoms with van der Waals surface area (Å²) in [6.45, 7) is 11.6. The summed E-state index contributed by atoms with van der Waals surface area (Å²) in [5.41, 5.74) is 1.60. The molecule has 2 aliphatic rings. The van der Waals surface area contributed by atoms with Crippen molar-refractivity contribution >= 4 is 32.7 Å². The van der Waals surface area contributed by atoms with Crippen molar-refractivity contribution in [3.05, 3.63) is 53.1 Å². The fourth-order valence-corrected chi connectivity index (χ4v) is 6.28. The van der Waals surface area contributed by atoms with Crippen molar-refractivity contribution in [1.82, 2.24) is 10.1 Å². The van der Waals surface area contributed by atoms with Gasteiger partial charge in [0.15, 0.2) is 17.2 Å². The Balaban J connectivity index is 1.35. The van der Waals surface area contributed by atoms with Gasteiger partial charge in [0, 0.05) is 43.7 Å². The number of fused-ring (bicyclic) bond motifs is 2. The van der Waals surface area contributed by atoms with Crippen LogP contribution in [0.3, 0.4) is 0 Å². The lowest BCUT2D eigenvalue weighted by molar-refractivity contribution is -0.126. The largest absolute Gasteiger partial charge is 0.382 e. The van der Waals surface area contributed by atoms with E-state index in [1.165, 1.54) is 0 Å². The highest BCUT2D eigenvalue weighted by Crippen LogP contribution is 2.51. The SMILES string of the molecule is CC1(C)C(=O)C(C)(C)c2c1ccc(CCN1CCN(c3noc4ccccc34)CC1)c2OS(C)(=O)=O. The normalized spacial score (nSPS) is 19.6. The lowest BCUT2D eigenvalue weighted by Gasteiger charge is -2.35. The number of carbonyl (C=O) groups excluding carboxylic acids is 1. The minimum atomic E-state index is -3.77. The van der Waals surface area contributed by atoms with Crippen molar-refractivity contribution in [3.8, 4) is 5.75 Å². The minimum Gasteiger partial charge on any atom is -0.382 e. The van der Waals surface area contributed by atoms with Crippen LogP contribution in [-0.2, 0) is 32.2 Å². The van der Waals surface area contributed by atoms with Crippen molar-refractivity contribution in [2.24, 2.45) is 0 Å². The maximum absolute atomic E-state index is 13.2. The molecule has 9 heteroatoms. The molecule has 1 aliphatic carbocycles. The molecule has 1 aliphatic heterocycles. The second-order valence-electron chi connectivity index (χ2n) is 10.9. The summed E-state index contributed by atoms with van der Waals surface area (Å²) in [5, 5.41) is 5.30. The highest BCUT2D eigenvalue weighted by atomic mass is 32.2. The lowest BCUT2D eigenvalue weighted by atomic mass is 9.80. The first-order chi connectivity index (χ1) is 16.9. The predicted octanol–water partition coefficient (Wildman–Crippen LogP) is 3.67. The maximum Gasteiger partial charge on any atom is 0.306 e. The summed E-state index contributed by atoms with van der Waals surface area (Å²) in [4.78, 5) is 17.8. The molecule has 0 amide bonds. The zero-order valence-corrected chi connectivity index (χ0v) is 22.3. The molecule has 1 fully saturated rings. The van der Waals surface area contributed by atoms with E-state index in [4.69, 9.17) is 8.71 Å². The molecule has 0 saturated carbocycles. The summed E-state index contributed by atoms with van der Waals surface area (Å²) < 4.78 is 35.5. The molecule has 0 radical (unpaired) electrons. The topological polar surface area (TPSA) is 92.9 Å². The highest BCUT2D eigenvalue weighted by molar-refractivity contribution is 7.86. The van der Waals surface area contributed by atoms with Gasteiger partial charge in [0.2, 0.25) is 0 Å². The van der Waals surface area contributed by atoms with Crippen LogP contribution >= 0.6 is 0 Å². The van der Waals surface area contributed by atoms with Crippen molar-refractivity contribution < 1.29 is 21.9 Å². The van der Waals surface area contributed by atoms with E-state index in [0.29, 0.717) is 17.7 Å². The van der Waals surface area contributed by atoms with Crippen LogP contribution in [-0.4, -0.2) is 63.2 Å². The zero-order chi connectivity index (χ0) is 25.9. The van der Waals surface area contributed by atoms with Crippen LogP contribution in [0.15, 0.2) is 40.9 Å². The third kappa shape index (κ3) is 4.18. The van der Waals surface area contributed by atoms with E-state index in [1.807, 2.05) is 64.1 Å². The van der Waals surface area contributed by atoms with Crippen LogP contribution in [0, 0.1) is 0 Å². The number of piperazine rings is 1. The Morgan fingerprint density at radius 3 is 2.39 bits per heavy atom. The molecule has 0 N–H and O–H groups in total. The van der Waals surface area contributed by atoms with Gasteiger partial charge >= 0.3 is 10.1 Å². The lowest BCUT2D eigenvalue weighted by Crippen LogP contribution is -2.47. The fraction of sp³-hybridized carbons (Fsp3) is 0.481. The first kappa shape index (κ1) is 24.8. The first-order valence-corrected chi connectivity index (χ1v) is 14.1. The van der Waals surface area contributed by atoms with E-state index in [2.05, 4.69) is 15.0 Å². The smallest absolute Gasteiger partial charge is 0.306 e. The van der Waals surface area contributed by atoms with Crippen LogP contribution < -0.4 is 9.08 Å². The Morgan fingerprint density at radius 1 is 1.00 bits per heavy atom. The highest BCUT2D eigenvalue weighted by Gasteiger charge is 2.52. The van der Waals surface area contributed by atoms with Gasteiger partial charge in [-0.05, 0) is 57.4 Å². The average molecular weight is 512 g/mol. The molecule has 192 valence electrons. The standard InChI is InChI=1S/C27H33N3O5S/c1-26(2)20-11-10-18(23(35-36(5,32)33)22(20)27(3,4)25(26)31)12-13-29-14-16-30(17-15-29)24-19-8-6-7-9-21(19)34-28-24/h6-11H,12-17H2,1-5H3. The number of rotatable bonds is 6. The number of anilines is 1. The number of benzene rings is 2. The van der Waals surface area contributed by atoms with Crippen LogP contribution in [0.4, 0.5) is 5.82 Å². The van der Waals surface area contributed by atoms with Crippen molar-refractivity contribution in [2.75, 3.05) is 43.9 Å². The number of nitrogens with zero attached hydrogens (tertiary/aromatic N) is 3. The molecule has 1 aromatic heterocycles. The molecule has 36 heavy (non-hydrogen) atoms. The Labute approximate surface area is 212 Å². The molecule has 2 aromatic carbocycles. The van der Waals surface area contributed by atoms with E-state index in [0.717, 1.165) is 66.9 Å². The number of Topliss-reactive ketones (excluding diaryl/α,β-unsaturated/α-hetero) is 1. The van der Waals surface area contributed by atoms with Gasteiger partial charge in [0.05, 0.1) is 17.1 Å². The Hall–Kier alpha value is -2.91. The Bertz CT molecular complexity index is 1430. The number of hydrogen-bond acceptors (Lipinski definition) is 8. The molecule has 8 nitrogen and oxygen atoms in total. The van der Waals surface area contributed by atoms with Crippen molar-refractivity contribution in [2.45, 2.75) is 44.9 Å². The van der Waals surface area contributed by atoms with Crippen molar-refractivity contribution in [1.29, 1.82) is 0 Å².